The molecule has 0 radical (unpaired) electrons. The summed E-state index contributed by atoms with van der Waals surface area (Å²) in [6.07, 6.45) is -0.931. The van der Waals surface area contributed by atoms with E-state index in [0.717, 1.165) is 43.6 Å². The maximum absolute atomic E-state index is 14.1. The van der Waals surface area contributed by atoms with Crippen LogP contribution in [0.3, 0.4) is 0 Å². The second-order valence-corrected chi connectivity index (χ2v) is 9.38. The van der Waals surface area contributed by atoms with Gasteiger partial charge in [-0.05, 0) is 55.5 Å². The second-order valence-electron chi connectivity index (χ2n) is 9.38. The van der Waals surface area contributed by atoms with E-state index in [-0.39, 0.29) is 24.3 Å². The first kappa shape index (κ1) is 22.7. The highest BCUT2D eigenvalue weighted by atomic mass is 19.1. The average Bonchev–Trinajstić information content (AvgIpc) is 3.35. The molecular weight excluding hydrogens is 458 g/mol. The summed E-state index contributed by atoms with van der Waals surface area (Å²) in [5.41, 5.74) is 3.83. The van der Waals surface area contributed by atoms with Crippen LogP contribution in [0.1, 0.15) is 6.92 Å². The Morgan fingerprint density at radius 2 is 1.11 bits per heavy atom. The molecule has 0 saturated heterocycles. The summed E-state index contributed by atoms with van der Waals surface area (Å²) in [6.45, 7) is 2.88. The molecule has 36 heavy (non-hydrogen) atoms. The van der Waals surface area contributed by atoms with Crippen LogP contribution >= 0.6 is 0 Å². The molecule has 4 nitrogen and oxygen atoms in total. The molecule has 182 valence electrons. The number of hydrogen-bond donors (Lipinski definition) is 1. The zero-order valence-corrected chi connectivity index (χ0v) is 19.9. The van der Waals surface area contributed by atoms with Crippen molar-refractivity contribution < 1.29 is 18.6 Å². The molecule has 4 aromatic carbocycles. The predicted octanol–water partition coefficient (Wildman–Crippen LogP) is 6.65. The van der Waals surface area contributed by atoms with Crippen LogP contribution in [0.2, 0.25) is 0 Å². The van der Waals surface area contributed by atoms with E-state index in [0.29, 0.717) is 13.1 Å². The Balaban J connectivity index is 1.47. The topological polar surface area (TPSA) is 39.3 Å². The Morgan fingerprint density at radius 1 is 0.667 bits per heavy atom. The summed E-state index contributed by atoms with van der Waals surface area (Å²) < 4.78 is 38.8. The second kappa shape index (κ2) is 9.04. The van der Waals surface area contributed by atoms with E-state index in [1.165, 1.54) is 12.1 Å². The Kier molecular flexibility index (Phi) is 5.70. The van der Waals surface area contributed by atoms with Gasteiger partial charge in [-0.3, -0.25) is 0 Å². The van der Waals surface area contributed by atoms with Crippen molar-refractivity contribution in [2.45, 2.75) is 32.2 Å². The summed E-state index contributed by atoms with van der Waals surface area (Å²) in [4.78, 5) is 0. The molecule has 6 heteroatoms. The number of benzene rings is 4. The first-order valence-corrected chi connectivity index (χ1v) is 12.1. The molecule has 0 saturated carbocycles. The molecule has 0 aliphatic carbocycles. The molecule has 2 heterocycles. The van der Waals surface area contributed by atoms with Gasteiger partial charge in [-0.25, -0.2) is 8.78 Å². The van der Waals surface area contributed by atoms with E-state index < -0.39 is 6.10 Å². The number of para-hydroxylation sites is 2. The van der Waals surface area contributed by atoms with Crippen LogP contribution in [0, 0.1) is 11.6 Å². The minimum Gasteiger partial charge on any atom is -0.391 e. The van der Waals surface area contributed by atoms with Crippen molar-refractivity contribution in [1.82, 2.24) is 9.13 Å². The van der Waals surface area contributed by atoms with Crippen LogP contribution < -0.4 is 0 Å². The molecule has 6 rings (SSSR count). The van der Waals surface area contributed by atoms with Gasteiger partial charge in [0.15, 0.2) is 0 Å². The van der Waals surface area contributed by atoms with Crippen LogP contribution in [0.25, 0.3) is 43.6 Å². The van der Waals surface area contributed by atoms with Crippen LogP contribution in [-0.2, 0) is 17.8 Å². The molecule has 6 aromatic rings. The van der Waals surface area contributed by atoms with Gasteiger partial charge < -0.3 is 19.0 Å². The number of rotatable bonds is 7. The lowest BCUT2D eigenvalue weighted by molar-refractivity contribution is -0.0154. The van der Waals surface area contributed by atoms with Crippen LogP contribution in [0.15, 0.2) is 84.9 Å². The number of ether oxygens (including phenoxy) is 1. The van der Waals surface area contributed by atoms with Gasteiger partial charge in [-0.15, -0.1) is 0 Å². The van der Waals surface area contributed by atoms with E-state index >= 15 is 0 Å². The summed E-state index contributed by atoms with van der Waals surface area (Å²) in [5.74, 6) is -0.547. The number of fused-ring (bicyclic) bond motifs is 6. The smallest absolute Gasteiger partial charge is 0.123 e. The van der Waals surface area contributed by atoms with Gasteiger partial charge in [0.2, 0.25) is 0 Å². The molecule has 0 amide bonds. The predicted molar refractivity (Wildman–Crippen MR) is 140 cm³/mol. The zero-order valence-electron chi connectivity index (χ0n) is 19.9. The Bertz CT molecular complexity index is 1600. The number of aliphatic hydroxyl groups is 1. The van der Waals surface area contributed by atoms with E-state index in [1.54, 1.807) is 31.2 Å². The number of aliphatic hydroxyl groups excluding tert-OH is 1. The van der Waals surface area contributed by atoms with Crippen LogP contribution in [0.4, 0.5) is 8.78 Å². The molecule has 2 aromatic heterocycles. The van der Waals surface area contributed by atoms with Gasteiger partial charge in [0, 0.05) is 43.6 Å². The quantitative estimate of drug-likeness (QED) is 0.276. The number of aromatic nitrogens is 2. The van der Waals surface area contributed by atoms with Crippen molar-refractivity contribution in [2.24, 2.45) is 0 Å². The van der Waals surface area contributed by atoms with Crippen molar-refractivity contribution >= 4 is 43.6 Å². The van der Waals surface area contributed by atoms with Gasteiger partial charge in [0.05, 0.1) is 31.9 Å². The van der Waals surface area contributed by atoms with Crippen LogP contribution in [-0.4, -0.2) is 33.1 Å². The Labute approximate surface area is 206 Å². The summed E-state index contributed by atoms with van der Waals surface area (Å²) in [7, 11) is 0. The van der Waals surface area contributed by atoms with Crippen LogP contribution in [0.5, 0.6) is 0 Å². The molecule has 0 fully saturated rings. The maximum Gasteiger partial charge on any atom is 0.123 e. The third kappa shape index (κ3) is 3.92. The molecule has 1 atom stereocenters. The average molecular weight is 485 g/mol. The standard InChI is InChI=1S/C30H26F2N2O2/c1-19(35)18-36-22(16-33-27-8-4-2-6-23(27)25-14-20(31)10-12-29(25)33)17-34-28-9-5-3-7-24(28)26-15-21(32)11-13-30(26)34/h2-15,19,22,35H,16-18H2,1H3. The van der Waals surface area contributed by atoms with Gasteiger partial charge in [-0.2, -0.15) is 0 Å². The van der Waals surface area contributed by atoms with E-state index in [2.05, 4.69) is 9.13 Å². The minimum atomic E-state index is -0.619. The van der Waals surface area contributed by atoms with Crippen molar-refractivity contribution in [2.75, 3.05) is 6.61 Å². The van der Waals surface area contributed by atoms with Gasteiger partial charge in [0.25, 0.3) is 0 Å². The Morgan fingerprint density at radius 3 is 1.58 bits per heavy atom. The maximum atomic E-state index is 14.1. The van der Waals surface area contributed by atoms with Crippen molar-refractivity contribution in [1.29, 1.82) is 0 Å². The molecule has 0 spiro atoms. The highest BCUT2D eigenvalue weighted by Gasteiger charge is 2.20. The van der Waals surface area contributed by atoms with Crippen molar-refractivity contribution in [3.05, 3.63) is 96.6 Å². The lowest BCUT2D eigenvalue weighted by atomic mass is 10.1. The summed E-state index contributed by atoms with van der Waals surface area (Å²) in [5, 5.41) is 13.6. The molecule has 1 N–H and O–H groups in total. The van der Waals surface area contributed by atoms with Crippen molar-refractivity contribution in [3.63, 3.8) is 0 Å². The van der Waals surface area contributed by atoms with E-state index in [4.69, 9.17) is 4.74 Å². The summed E-state index contributed by atoms with van der Waals surface area (Å²) >= 11 is 0. The largest absolute Gasteiger partial charge is 0.391 e. The normalized spacial score (nSPS) is 13.0. The number of nitrogens with zero attached hydrogens (tertiary/aromatic N) is 2. The van der Waals surface area contributed by atoms with E-state index in [1.807, 2.05) is 48.5 Å². The minimum absolute atomic E-state index is 0.183. The fourth-order valence-corrected chi connectivity index (χ4v) is 5.29. The summed E-state index contributed by atoms with van der Waals surface area (Å²) in [6, 6.07) is 25.6. The SMILES string of the molecule is CC(O)COC(Cn1c2ccccc2c2cc(F)ccc21)Cn1c2ccccc2c2cc(F)ccc21. The highest BCUT2D eigenvalue weighted by molar-refractivity contribution is 6.09. The lowest BCUT2D eigenvalue weighted by Gasteiger charge is -2.22. The first-order chi connectivity index (χ1) is 17.5. The van der Waals surface area contributed by atoms with Gasteiger partial charge in [-0.1, -0.05) is 36.4 Å². The third-order valence-electron chi connectivity index (χ3n) is 6.81. The molecule has 0 bridgehead atoms. The molecule has 0 aliphatic heterocycles. The molecule has 1 unspecified atom stereocenters. The zero-order chi connectivity index (χ0) is 24.8. The fourth-order valence-electron chi connectivity index (χ4n) is 5.29. The van der Waals surface area contributed by atoms with Gasteiger partial charge in [0.1, 0.15) is 11.6 Å². The number of halogens is 2. The first-order valence-electron chi connectivity index (χ1n) is 12.1. The third-order valence-corrected chi connectivity index (χ3v) is 6.81. The fraction of sp³-hybridized carbons (Fsp3) is 0.200. The highest BCUT2D eigenvalue weighted by Crippen LogP contribution is 2.32. The number of hydrogen-bond acceptors (Lipinski definition) is 2. The monoisotopic (exact) mass is 484 g/mol. The van der Waals surface area contributed by atoms with E-state index in [9.17, 15) is 13.9 Å². The Hall–Kier alpha value is -3.74. The van der Waals surface area contributed by atoms with Gasteiger partial charge >= 0.3 is 0 Å². The molecule has 0 aliphatic rings. The lowest BCUT2D eigenvalue weighted by Crippen LogP contribution is -2.28. The van der Waals surface area contributed by atoms with Crippen molar-refractivity contribution in [3.8, 4) is 0 Å². The molecular formula is C30H26F2N2O2.